The minimum Gasteiger partial charge on any atom is -0.496 e. The zero-order valence-electron chi connectivity index (χ0n) is 9.69. The smallest absolute Gasteiger partial charge is 0.231 e. The fraction of sp³-hybridized carbons (Fsp3) is 0.500. The molecule has 2 aliphatic rings. The zero-order chi connectivity index (χ0) is 11.7. The lowest BCUT2D eigenvalue weighted by atomic mass is 10.0. The number of morpholine rings is 1. The Kier molecular flexibility index (Phi) is 2.78. The number of methoxy groups -OCH3 is 1. The van der Waals surface area contributed by atoms with Crippen molar-refractivity contribution in [3.05, 3.63) is 17.7 Å². The highest BCUT2D eigenvalue weighted by Crippen LogP contribution is 2.40. The van der Waals surface area contributed by atoms with Gasteiger partial charge >= 0.3 is 0 Å². The number of ether oxygens (including phenoxy) is 4. The van der Waals surface area contributed by atoms with Gasteiger partial charge in [0.2, 0.25) is 6.79 Å². The third-order valence-corrected chi connectivity index (χ3v) is 3.02. The molecule has 0 saturated carbocycles. The third-order valence-electron chi connectivity index (χ3n) is 3.02. The number of benzene rings is 1. The summed E-state index contributed by atoms with van der Waals surface area (Å²) in [6.45, 7) is 2.53. The highest BCUT2D eigenvalue weighted by Gasteiger charge is 2.24. The molecule has 17 heavy (non-hydrogen) atoms. The van der Waals surface area contributed by atoms with Gasteiger partial charge in [-0.25, -0.2) is 0 Å². The fourth-order valence-electron chi connectivity index (χ4n) is 2.15. The van der Waals surface area contributed by atoms with Gasteiger partial charge in [0, 0.05) is 18.2 Å². The van der Waals surface area contributed by atoms with E-state index in [-0.39, 0.29) is 12.8 Å². The Bertz CT molecular complexity index is 415. The van der Waals surface area contributed by atoms with Crippen molar-refractivity contribution in [1.82, 2.24) is 5.32 Å². The highest BCUT2D eigenvalue weighted by atomic mass is 16.7. The summed E-state index contributed by atoms with van der Waals surface area (Å²) in [4.78, 5) is 0. The maximum atomic E-state index is 5.47. The lowest BCUT2D eigenvalue weighted by Crippen LogP contribution is -2.34. The SMILES string of the molecule is COc1cc2c(cc1C1COCCN1)OCO2. The number of nitrogens with one attached hydrogen (secondary N) is 1. The Balaban J connectivity index is 1.96. The van der Waals surface area contributed by atoms with Gasteiger partial charge in [0.15, 0.2) is 11.5 Å². The van der Waals surface area contributed by atoms with E-state index >= 15 is 0 Å². The molecule has 0 aromatic heterocycles. The van der Waals surface area contributed by atoms with E-state index in [2.05, 4.69) is 5.32 Å². The van der Waals surface area contributed by atoms with Gasteiger partial charge in [0.25, 0.3) is 0 Å². The summed E-state index contributed by atoms with van der Waals surface area (Å²) in [5.41, 5.74) is 1.05. The van der Waals surface area contributed by atoms with Crippen molar-refractivity contribution in [1.29, 1.82) is 0 Å². The second-order valence-electron chi connectivity index (χ2n) is 4.03. The van der Waals surface area contributed by atoms with E-state index in [4.69, 9.17) is 18.9 Å². The van der Waals surface area contributed by atoms with Crippen LogP contribution in [0.4, 0.5) is 0 Å². The molecule has 1 atom stereocenters. The molecular weight excluding hydrogens is 222 g/mol. The van der Waals surface area contributed by atoms with Crippen LogP contribution in [0.5, 0.6) is 17.2 Å². The second-order valence-corrected chi connectivity index (χ2v) is 4.03. The first-order chi connectivity index (χ1) is 8.38. The van der Waals surface area contributed by atoms with Crippen molar-refractivity contribution < 1.29 is 18.9 Å². The molecule has 0 bridgehead atoms. The molecule has 0 spiro atoms. The van der Waals surface area contributed by atoms with Crippen LogP contribution in [0.25, 0.3) is 0 Å². The molecule has 5 nitrogen and oxygen atoms in total. The van der Waals surface area contributed by atoms with E-state index in [1.807, 2.05) is 12.1 Å². The van der Waals surface area contributed by atoms with Crippen LogP contribution in [-0.4, -0.2) is 33.7 Å². The van der Waals surface area contributed by atoms with E-state index in [1.54, 1.807) is 7.11 Å². The van der Waals surface area contributed by atoms with Crippen LogP contribution in [0.1, 0.15) is 11.6 Å². The Labute approximate surface area is 99.6 Å². The van der Waals surface area contributed by atoms with Crippen molar-refractivity contribution in [2.24, 2.45) is 0 Å². The molecule has 1 N–H and O–H groups in total. The second kappa shape index (κ2) is 4.43. The van der Waals surface area contributed by atoms with Crippen LogP contribution in [0, 0.1) is 0 Å². The summed E-state index contributed by atoms with van der Waals surface area (Å²) >= 11 is 0. The van der Waals surface area contributed by atoms with Gasteiger partial charge < -0.3 is 24.3 Å². The average molecular weight is 237 g/mol. The normalized spacial score (nSPS) is 22.5. The molecule has 1 aromatic carbocycles. The van der Waals surface area contributed by atoms with Crippen molar-refractivity contribution >= 4 is 0 Å². The first kappa shape index (κ1) is 10.7. The Morgan fingerprint density at radius 2 is 2.12 bits per heavy atom. The molecule has 2 heterocycles. The molecule has 1 saturated heterocycles. The molecular formula is C12H15NO4. The lowest BCUT2D eigenvalue weighted by molar-refractivity contribution is 0.0760. The molecule has 1 unspecified atom stereocenters. The summed E-state index contributed by atoms with van der Waals surface area (Å²) < 4.78 is 21.6. The number of rotatable bonds is 2. The van der Waals surface area contributed by atoms with Gasteiger partial charge in [-0.1, -0.05) is 0 Å². The minimum atomic E-state index is 0.146. The molecule has 1 aromatic rings. The molecule has 3 rings (SSSR count). The van der Waals surface area contributed by atoms with E-state index < -0.39 is 0 Å². The van der Waals surface area contributed by atoms with Crippen LogP contribution in [0.2, 0.25) is 0 Å². The van der Waals surface area contributed by atoms with E-state index in [0.717, 1.165) is 36.0 Å². The van der Waals surface area contributed by atoms with Crippen LogP contribution < -0.4 is 19.5 Å². The molecule has 0 radical (unpaired) electrons. The highest BCUT2D eigenvalue weighted by molar-refractivity contribution is 5.53. The van der Waals surface area contributed by atoms with E-state index in [0.29, 0.717) is 6.61 Å². The summed E-state index contributed by atoms with van der Waals surface area (Å²) in [5, 5.41) is 3.40. The largest absolute Gasteiger partial charge is 0.496 e. The van der Waals surface area contributed by atoms with Gasteiger partial charge in [-0.05, 0) is 6.07 Å². The Morgan fingerprint density at radius 1 is 1.29 bits per heavy atom. The third kappa shape index (κ3) is 1.92. The van der Waals surface area contributed by atoms with Crippen LogP contribution in [0.3, 0.4) is 0 Å². The standard InChI is InChI=1S/C12H15NO4/c1-14-10-5-12-11(16-7-17-12)4-8(10)9-6-15-3-2-13-9/h4-5,9,13H,2-3,6-7H2,1H3. The number of fused-ring (bicyclic) bond motifs is 1. The maximum Gasteiger partial charge on any atom is 0.231 e. The monoisotopic (exact) mass is 237 g/mol. The van der Waals surface area contributed by atoms with Crippen molar-refractivity contribution in [2.45, 2.75) is 6.04 Å². The van der Waals surface area contributed by atoms with Crippen LogP contribution >= 0.6 is 0 Å². The van der Waals surface area contributed by atoms with Crippen LogP contribution in [0.15, 0.2) is 12.1 Å². The maximum absolute atomic E-state index is 5.47. The molecule has 92 valence electrons. The topological polar surface area (TPSA) is 49.0 Å². The number of hydrogen-bond donors (Lipinski definition) is 1. The Hall–Kier alpha value is -1.46. The lowest BCUT2D eigenvalue weighted by Gasteiger charge is -2.25. The molecule has 5 heteroatoms. The van der Waals surface area contributed by atoms with Gasteiger partial charge in [-0.2, -0.15) is 0 Å². The quantitative estimate of drug-likeness (QED) is 0.834. The van der Waals surface area contributed by atoms with Crippen LogP contribution in [-0.2, 0) is 4.74 Å². The summed E-state index contributed by atoms with van der Waals surface area (Å²) in [6, 6.07) is 3.98. The van der Waals surface area contributed by atoms with Crippen molar-refractivity contribution in [3.63, 3.8) is 0 Å². The molecule has 0 aliphatic carbocycles. The summed E-state index contributed by atoms with van der Waals surface area (Å²) in [5.74, 6) is 2.31. The van der Waals surface area contributed by atoms with Crippen molar-refractivity contribution in [3.8, 4) is 17.2 Å². The van der Waals surface area contributed by atoms with Gasteiger partial charge in [0.1, 0.15) is 5.75 Å². The minimum absolute atomic E-state index is 0.146. The van der Waals surface area contributed by atoms with Gasteiger partial charge in [0.05, 0.1) is 26.4 Å². The summed E-state index contributed by atoms with van der Waals surface area (Å²) in [7, 11) is 1.66. The molecule has 0 amide bonds. The first-order valence-electron chi connectivity index (χ1n) is 5.67. The van der Waals surface area contributed by atoms with E-state index in [9.17, 15) is 0 Å². The fourth-order valence-corrected chi connectivity index (χ4v) is 2.15. The molecule has 1 fully saturated rings. The van der Waals surface area contributed by atoms with Gasteiger partial charge in [-0.3, -0.25) is 0 Å². The average Bonchev–Trinajstić information content (AvgIpc) is 2.85. The predicted molar refractivity (Wildman–Crippen MR) is 60.7 cm³/mol. The van der Waals surface area contributed by atoms with E-state index in [1.165, 1.54) is 0 Å². The Morgan fingerprint density at radius 3 is 2.82 bits per heavy atom. The predicted octanol–water partition coefficient (Wildman–Crippen LogP) is 1.08. The van der Waals surface area contributed by atoms with Gasteiger partial charge in [-0.15, -0.1) is 0 Å². The number of hydrogen-bond acceptors (Lipinski definition) is 5. The molecule has 2 aliphatic heterocycles. The first-order valence-corrected chi connectivity index (χ1v) is 5.67. The summed E-state index contributed by atoms with van der Waals surface area (Å²) in [6.07, 6.45) is 0. The van der Waals surface area contributed by atoms with Crippen molar-refractivity contribution in [2.75, 3.05) is 33.7 Å². The zero-order valence-corrected chi connectivity index (χ0v) is 9.69.